The van der Waals surface area contributed by atoms with E-state index in [4.69, 9.17) is 0 Å². The van der Waals surface area contributed by atoms with Crippen molar-refractivity contribution in [1.82, 2.24) is 20.4 Å². The fourth-order valence-electron chi connectivity index (χ4n) is 4.28. The van der Waals surface area contributed by atoms with Crippen molar-refractivity contribution >= 4 is 6.03 Å². The van der Waals surface area contributed by atoms with E-state index >= 15 is 0 Å². The lowest BCUT2D eigenvalue weighted by molar-refractivity contribution is 0.231. The molecule has 2 heterocycles. The van der Waals surface area contributed by atoms with Crippen LogP contribution >= 0.6 is 0 Å². The lowest BCUT2D eigenvalue weighted by Crippen LogP contribution is -2.47. The molecule has 2 atom stereocenters. The van der Waals surface area contributed by atoms with Gasteiger partial charge in [-0.2, -0.15) is 0 Å². The number of hydrogen-bond donors (Lipinski definition) is 2. The van der Waals surface area contributed by atoms with E-state index in [9.17, 15) is 4.79 Å². The third-order valence-electron chi connectivity index (χ3n) is 5.71. The Morgan fingerprint density at radius 1 is 0.750 bits per heavy atom. The van der Waals surface area contributed by atoms with Crippen molar-refractivity contribution in [1.29, 1.82) is 0 Å². The smallest absolute Gasteiger partial charge is 0.315 e. The van der Waals surface area contributed by atoms with Crippen LogP contribution in [-0.4, -0.2) is 54.1 Å². The summed E-state index contributed by atoms with van der Waals surface area (Å²) in [5.74, 6) is 0. The first-order valence-corrected chi connectivity index (χ1v) is 10.3. The number of benzene rings is 2. The molecule has 2 fully saturated rings. The molecule has 2 N–H and O–H groups in total. The number of carbonyl (C=O) groups excluding carboxylic acids is 1. The molecule has 4 rings (SSSR count). The molecule has 0 radical (unpaired) electrons. The van der Waals surface area contributed by atoms with Crippen molar-refractivity contribution in [3.63, 3.8) is 0 Å². The van der Waals surface area contributed by atoms with Crippen LogP contribution in [0, 0.1) is 0 Å². The quantitative estimate of drug-likeness (QED) is 0.813. The summed E-state index contributed by atoms with van der Waals surface area (Å²) in [6.07, 6.45) is 2.04. The Hall–Kier alpha value is -2.37. The maximum absolute atomic E-state index is 12.4. The fourth-order valence-corrected chi connectivity index (χ4v) is 4.28. The highest BCUT2D eigenvalue weighted by atomic mass is 16.2. The van der Waals surface area contributed by atoms with E-state index in [0.29, 0.717) is 0 Å². The van der Waals surface area contributed by atoms with Gasteiger partial charge in [0.1, 0.15) is 0 Å². The molecule has 2 aliphatic rings. The first kappa shape index (κ1) is 19.0. The standard InChI is InChI=1S/C23H30N4O/c28-23(24-21-11-13-26(17-21)15-19-7-3-1-4-8-19)25-22-12-14-27(18-22)16-20-9-5-2-6-10-20/h1-10,21-22H,11-18H2,(H2,24,25,28). The third-order valence-corrected chi connectivity index (χ3v) is 5.71. The van der Waals surface area contributed by atoms with E-state index in [1.54, 1.807) is 0 Å². The molecule has 0 saturated carbocycles. The summed E-state index contributed by atoms with van der Waals surface area (Å²) >= 11 is 0. The number of likely N-dealkylation sites (tertiary alicyclic amines) is 2. The Bertz CT molecular complexity index is 688. The Balaban J connectivity index is 1.17. The van der Waals surface area contributed by atoms with Gasteiger partial charge in [0.25, 0.3) is 0 Å². The molecular weight excluding hydrogens is 348 g/mol. The molecule has 2 aromatic carbocycles. The summed E-state index contributed by atoms with van der Waals surface area (Å²) in [7, 11) is 0. The zero-order valence-electron chi connectivity index (χ0n) is 16.4. The van der Waals surface area contributed by atoms with Gasteiger partial charge in [-0.3, -0.25) is 9.80 Å². The van der Waals surface area contributed by atoms with E-state index < -0.39 is 0 Å². The zero-order valence-corrected chi connectivity index (χ0v) is 16.4. The van der Waals surface area contributed by atoms with Crippen molar-refractivity contribution in [3.05, 3.63) is 71.8 Å². The minimum absolute atomic E-state index is 0.0156. The van der Waals surface area contributed by atoms with Gasteiger partial charge in [-0.1, -0.05) is 60.7 Å². The molecule has 0 spiro atoms. The molecule has 0 bridgehead atoms. The van der Waals surface area contributed by atoms with Gasteiger partial charge >= 0.3 is 6.03 Å². The number of amides is 2. The van der Waals surface area contributed by atoms with E-state index in [2.05, 4.69) is 69.0 Å². The Morgan fingerprint density at radius 3 is 1.61 bits per heavy atom. The summed E-state index contributed by atoms with van der Waals surface area (Å²) in [6.45, 7) is 5.83. The normalized spacial score (nSPS) is 23.0. The van der Waals surface area contributed by atoms with Gasteiger partial charge in [0.15, 0.2) is 0 Å². The number of urea groups is 1. The minimum Gasteiger partial charge on any atom is -0.334 e. The molecule has 2 amide bonds. The highest BCUT2D eigenvalue weighted by Crippen LogP contribution is 2.15. The summed E-state index contributed by atoms with van der Waals surface area (Å²) < 4.78 is 0. The van der Waals surface area contributed by atoms with Crippen LogP contribution < -0.4 is 10.6 Å². The Labute approximate surface area is 167 Å². The molecule has 2 saturated heterocycles. The molecule has 5 nitrogen and oxygen atoms in total. The van der Waals surface area contributed by atoms with Gasteiger partial charge in [0, 0.05) is 51.4 Å². The topological polar surface area (TPSA) is 47.6 Å². The van der Waals surface area contributed by atoms with Gasteiger partial charge in [0.05, 0.1) is 0 Å². The molecule has 2 unspecified atom stereocenters. The largest absolute Gasteiger partial charge is 0.334 e. The van der Waals surface area contributed by atoms with Crippen LogP contribution in [0.4, 0.5) is 4.79 Å². The second-order valence-electron chi connectivity index (χ2n) is 8.03. The Kier molecular flexibility index (Phi) is 6.24. The van der Waals surface area contributed by atoms with Gasteiger partial charge in [-0.15, -0.1) is 0 Å². The Morgan fingerprint density at radius 2 is 1.18 bits per heavy atom. The van der Waals surface area contributed by atoms with Crippen LogP contribution in [0.15, 0.2) is 60.7 Å². The molecule has 0 aliphatic carbocycles. The molecule has 2 aromatic rings. The summed E-state index contributed by atoms with van der Waals surface area (Å²) in [6, 6.07) is 21.5. The summed E-state index contributed by atoms with van der Waals surface area (Å²) in [4.78, 5) is 17.3. The predicted molar refractivity (Wildman–Crippen MR) is 112 cm³/mol. The van der Waals surface area contributed by atoms with Gasteiger partial charge in [-0.05, 0) is 24.0 Å². The van der Waals surface area contributed by atoms with Crippen LogP contribution in [0.25, 0.3) is 0 Å². The molecule has 28 heavy (non-hydrogen) atoms. The number of carbonyl (C=O) groups is 1. The van der Waals surface area contributed by atoms with Crippen LogP contribution in [0.2, 0.25) is 0 Å². The van der Waals surface area contributed by atoms with Gasteiger partial charge < -0.3 is 10.6 Å². The van der Waals surface area contributed by atoms with Crippen LogP contribution in [0.3, 0.4) is 0 Å². The van der Waals surface area contributed by atoms with Crippen LogP contribution in [-0.2, 0) is 13.1 Å². The first-order chi connectivity index (χ1) is 13.7. The fraction of sp³-hybridized carbons (Fsp3) is 0.435. The van der Waals surface area contributed by atoms with Crippen LogP contribution in [0.1, 0.15) is 24.0 Å². The van der Waals surface area contributed by atoms with E-state index in [1.165, 1.54) is 11.1 Å². The SMILES string of the molecule is O=C(NC1CCN(Cc2ccccc2)C1)NC1CCN(Cc2ccccc2)C1. The second kappa shape index (κ2) is 9.22. The lowest BCUT2D eigenvalue weighted by Gasteiger charge is -2.19. The number of rotatable bonds is 6. The average Bonchev–Trinajstić information content (AvgIpc) is 3.33. The average molecular weight is 379 g/mol. The van der Waals surface area contributed by atoms with Crippen LogP contribution in [0.5, 0.6) is 0 Å². The molecule has 0 aromatic heterocycles. The zero-order chi connectivity index (χ0) is 19.2. The van der Waals surface area contributed by atoms with Gasteiger partial charge in [-0.25, -0.2) is 4.79 Å². The van der Waals surface area contributed by atoms with Crippen molar-refractivity contribution in [2.45, 2.75) is 38.0 Å². The van der Waals surface area contributed by atoms with Crippen molar-refractivity contribution in [2.24, 2.45) is 0 Å². The lowest BCUT2D eigenvalue weighted by atomic mass is 10.2. The van der Waals surface area contributed by atoms with E-state index in [0.717, 1.165) is 52.1 Å². The number of nitrogens with zero attached hydrogens (tertiary/aromatic N) is 2. The third kappa shape index (κ3) is 5.33. The molecule has 5 heteroatoms. The van der Waals surface area contributed by atoms with E-state index in [1.807, 2.05) is 12.1 Å². The first-order valence-electron chi connectivity index (χ1n) is 10.3. The highest BCUT2D eigenvalue weighted by Gasteiger charge is 2.27. The van der Waals surface area contributed by atoms with Crippen molar-refractivity contribution < 1.29 is 4.79 Å². The molecule has 148 valence electrons. The minimum atomic E-state index is -0.0156. The monoisotopic (exact) mass is 378 g/mol. The van der Waals surface area contributed by atoms with Crippen molar-refractivity contribution in [3.8, 4) is 0 Å². The number of hydrogen-bond acceptors (Lipinski definition) is 3. The molecule has 2 aliphatic heterocycles. The molecular formula is C23H30N4O. The second-order valence-corrected chi connectivity index (χ2v) is 8.03. The maximum atomic E-state index is 12.4. The maximum Gasteiger partial charge on any atom is 0.315 e. The summed E-state index contributed by atoms with van der Waals surface area (Å²) in [5.41, 5.74) is 2.66. The predicted octanol–water partition coefficient (Wildman–Crippen LogP) is 2.83. The van der Waals surface area contributed by atoms with Gasteiger partial charge in [0.2, 0.25) is 0 Å². The number of nitrogens with one attached hydrogen (secondary N) is 2. The van der Waals surface area contributed by atoms with E-state index in [-0.39, 0.29) is 18.1 Å². The summed E-state index contributed by atoms with van der Waals surface area (Å²) in [5, 5.41) is 6.35. The van der Waals surface area contributed by atoms with Crippen molar-refractivity contribution in [2.75, 3.05) is 26.2 Å². The highest BCUT2D eigenvalue weighted by molar-refractivity contribution is 5.74.